The smallest absolute Gasteiger partial charge is 0.265 e. The third-order valence-corrected chi connectivity index (χ3v) is 7.41. The van der Waals surface area contributed by atoms with E-state index < -0.39 is 35.5 Å². The second-order valence-electron chi connectivity index (χ2n) is 10.3. The monoisotopic (exact) mass is 592 g/mol. The summed E-state index contributed by atoms with van der Waals surface area (Å²) in [5, 5.41) is 13.3. The van der Waals surface area contributed by atoms with Crippen molar-refractivity contribution < 1.29 is 31.8 Å². The van der Waals surface area contributed by atoms with Crippen LogP contribution in [-0.4, -0.2) is 74.1 Å². The molecule has 1 unspecified atom stereocenters. The fraction of sp³-hybridized carbons (Fsp3) is 0.407. The van der Waals surface area contributed by atoms with E-state index in [9.17, 15) is 27.1 Å². The van der Waals surface area contributed by atoms with Crippen molar-refractivity contribution in [3.8, 4) is 11.3 Å². The zero-order chi connectivity index (χ0) is 30.2. The number of fused-ring (bicyclic) bond motifs is 1. The summed E-state index contributed by atoms with van der Waals surface area (Å²) in [5.74, 6) is -3.16. The van der Waals surface area contributed by atoms with Crippen LogP contribution in [0.1, 0.15) is 25.3 Å². The van der Waals surface area contributed by atoms with Gasteiger partial charge in [0, 0.05) is 31.8 Å². The second kappa shape index (κ2) is 11.7. The Kier molecular flexibility index (Phi) is 8.25. The number of aromatic nitrogens is 5. The molecule has 42 heavy (non-hydrogen) atoms. The first-order valence-corrected chi connectivity index (χ1v) is 13.1. The predicted molar refractivity (Wildman–Crippen MR) is 144 cm³/mol. The Labute approximate surface area is 237 Å². The van der Waals surface area contributed by atoms with Crippen molar-refractivity contribution >= 4 is 22.7 Å². The normalized spacial score (nSPS) is 19.0. The number of methoxy groups -OCH3 is 1. The fourth-order valence-electron chi connectivity index (χ4n) is 5.11. The van der Waals surface area contributed by atoms with E-state index >= 15 is 0 Å². The van der Waals surface area contributed by atoms with Gasteiger partial charge in [-0.25, -0.2) is 36.9 Å². The van der Waals surface area contributed by atoms with Crippen molar-refractivity contribution in [1.29, 1.82) is 0 Å². The maximum atomic E-state index is 14.7. The van der Waals surface area contributed by atoms with Gasteiger partial charge in [0.15, 0.2) is 28.6 Å². The molecule has 10 nitrogen and oxygen atoms in total. The van der Waals surface area contributed by atoms with E-state index in [2.05, 4.69) is 25.3 Å². The van der Waals surface area contributed by atoms with Crippen LogP contribution in [-0.2, 0) is 11.3 Å². The van der Waals surface area contributed by atoms with Gasteiger partial charge in [0.2, 0.25) is 0 Å². The molecule has 4 heterocycles. The molecule has 224 valence electrons. The highest BCUT2D eigenvalue weighted by molar-refractivity contribution is 5.82. The molecule has 1 fully saturated rings. The fourth-order valence-corrected chi connectivity index (χ4v) is 5.11. The Bertz CT molecular complexity index is 1590. The van der Waals surface area contributed by atoms with Crippen molar-refractivity contribution in [3.05, 3.63) is 60.1 Å². The summed E-state index contributed by atoms with van der Waals surface area (Å²) < 4.78 is 76.2. The van der Waals surface area contributed by atoms with Gasteiger partial charge in [-0.3, -0.25) is 4.98 Å². The number of ether oxygens (including phenoxy) is 1. The average Bonchev–Trinajstić information content (AvgIpc) is 3.38. The van der Waals surface area contributed by atoms with E-state index in [1.54, 1.807) is 16.4 Å². The molecule has 0 bridgehead atoms. The molecule has 3 aromatic heterocycles. The number of hydrogen-bond donors (Lipinski definition) is 3. The van der Waals surface area contributed by atoms with Gasteiger partial charge in [-0.2, -0.15) is 0 Å². The number of nitrogens with one attached hydrogen (secondary N) is 1. The maximum absolute atomic E-state index is 14.7. The number of piperidine rings is 1. The molecule has 0 radical (unpaired) electrons. The molecule has 0 amide bonds. The number of aliphatic hydroxyl groups excluding tert-OH is 1. The van der Waals surface area contributed by atoms with Crippen LogP contribution in [0.4, 0.5) is 33.5 Å². The van der Waals surface area contributed by atoms with Crippen LogP contribution in [0.15, 0.2) is 37.1 Å². The van der Waals surface area contributed by atoms with Crippen LogP contribution in [0.2, 0.25) is 0 Å². The SMILES string of the molecule is COC(C)Nc1ncnc2c1ncn2Cc1cc(-c2cc(F)c(F)cc2F)ncc1N1CCC[C@](N)([C@@H](O)C(F)F)C1. The molecule has 4 N–H and O–H groups in total. The van der Waals surface area contributed by atoms with Gasteiger partial charge in [0.25, 0.3) is 6.43 Å². The van der Waals surface area contributed by atoms with E-state index in [-0.39, 0.29) is 37.0 Å². The number of aliphatic hydroxyl groups is 1. The first-order valence-electron chi connectivity index (χ1n) is 13.1. The maximum Gasteiger partial charge on any atom is 0.265 e. The first kappa shape index (κ1) is 29.5. The number of benzene rings is 1. The van der Waals surface area contributed by atoms with E-state index in [0.29, 0.717) is 47.3 Å². The third-order valence-electron chi connectivity index (χ3n) is 7.41. The summed E-state index contributed by atoms with van der Waals surface area (Å²) in [6, 6.07) is 2.66. The van der Waals surface area contributed by atoms with Gasteiger partial charge in [-0.1, -0.05) is 0 Å². The van der Waals surface area contributed by atoms with Gasteiger partial charge in [0.1, 0.15) is 24.5 Å². The van der Waals surface area contributed by atoms with Gasteiger partial charge >= 0.3 is 0 Å². The topological polar surface area (TPSA) is 127 Å². The van der Waals surface area contributed by atoms with Crippen molar-refractivity contribution in [1.82, 2.24) is 24.5 Å². The number of pyridine rings is 1. The van der Waals surface area contributed by atoms with E-state index in [1.807, 2.05) is 0 Å². The van der Waals surface area contributed by atoms with Crippen molar-refractivity contribution in [2.45, 2.75) is 50.6 Å². The number of nitrogens with zero attached hydrogens (tertiary/aromatic N) is 6. The van der Waals surface area contributed by atoms with Gasteiger partial charge in [-0.05, 0) is 37.5 Å². The molecule has 4 aromatic rings. The number of imidazole rings is 1. The number of nitrogens with two attached hydrogens (primary N) is 1. The number of alkyl halides is 2. The summed E-state index contributed by atoms with van der Waals surface area (Å²) in [5.41, 5.74) is 6.30. The molecule has 1 saturated heterocycles. The largest absolute Gasteiger partial charge is 0.385 e. The number of rotatable bonds is 9. The van der Waals surface area contributed by atoms with Crippen LogP contribution >= 0.6 is 0 Å². The Morgan fingerprint density at radius 1 is 1.10 bits per heavy atom. The van der Waals surface area contributed by atoms with Crippen LogP contribution < -0.4 is 16.0 Å². The summed E-state index contributed by atoms with van der Waals surface area (Å²) in [7, 11) is 1.53. The van der Waals surface area contributed by atoms with Crippen molar-refractivity contribution in [2.24, 2.45) is 5.73 Å². The van der Waals surface area contributed by atoms with Crippen LogP contribution in [0.5, 0.6) is 0 Å². The Hall–Kier alpha value is -3.95. The molecule has 1 aliphatic heterocycles. The minimum Gasteiger partial charge on any atom is -0.385 e. The molecule has 5 rings (SSSR count). The highest BCUT2D eigenvalue weighted by Gasteiger charge is 2.43. The van der Waals surface area contributed by atoms with Crippen LogP contribution in [0.3, 0.4) is 0 Å². The minimum atomic E-state index is -3.04. The van der Waals surface area contributed by atoms with Crippen molar-refractivity contribution in [3.63, 3.8) is 0 Å². The van der Waals surface area contributed by atoms with Gasteiger partial charge < -0.3 is 30.4 Å². The summed E-state index contributed by atoms with van der Waals surface area (Å²) >= 11 is 0. The number of anilines is 2. The van der Waals surface area contributed by atoms with Crippen LogP contribution in [0, 0.1) is 17.5 Å². The van der Waals surface area contributed by atoms with E-state index in [4.69, 9.17) is 10.5 Å². The summed E-state index contributed by atoms with van der Waals surface area (Å²) in [6.45, 7) is 2.18. The standard InChI is InChI=1S/C27H29F5N8O2/c1-14(42-2)38-25-22-26(36-12-35-25)40(13-37-22)10-15-6-20(16-7-18(29)19(30)8-17(16)28)34-9-21(15)39-5-3-4-27(33,11-39)23(41)24(31)32/h6-9,12-14,23-24,41H,3-5,10-11,33H2,1-2H3,(H,35,36,38)/t14?,23-,27+/m0/s1. The minimum absolute atomic E-state index is 0.0177. The molecule has 3 atom stereocenters. The highest BCUT2D eigenvalue weighted by Crippen LogP contribution is 2.34. The van der Waals surface area contributed by atoms with Gasteiger partial charge in [-0.15, -0.1) is 0 Å². The molecular weight excluding hydrogens is 563 g/mol. The Balaban J connectivity index is 1.58. The van der Waals surface area contributed by atoms with Crippen LogP contribution in [0.25, 0.3) is 22.4 Å². The summed E-state index contributed by atoms with van der Waals surface area (Å²) in [6.07, 6.45) is -0.607. The highest BCUT2D eigenvalue weighted by atomic mass is 19.3. The predicted octanol–water partition coefficient (Wildman–Crippen LogP) is 3.68. The molecule has 1 aromatic carbocycles. The lowest BCUT2D eigenvalue weighted by atomic mass is 9.84. The molecule has 0 saturated carbocycles. The summed E-state index contributed by atoms with van der Waals surface area (Å²) in [4.78, 5) is 19.0. The lowest BCUT2D eigenvalue weighted by Crippen LogP contribution is -2.63. The van der Waals surface area contributed by atoms with E-state index in [0.717, 1.165) is 6.07 Å². The molecule has 0 spiro atoms. The average molecular weight is 593 g/mol. The number of halogens is 5. The quantitative estimate of drug-likeness (QED) is 0.152. The zero-order valence-corrected chi connectivity index (χ0v) is 22.7. The lowest BCUT2D eigenvalue weighted by Gasteiger charge is -2.44. The second-order valence-corrected chi connectivity index (χ2v) is 10.3. The van der Waals surface area contributed by atoms with Crippen molar-refractivity contribution in [2.75, 3.05) is 30.4 Å². The molecule has 15 heteroatoms. The molecule has 0 aliphatic carbocycles. The Morgan fingerprint density at radius 2 is 1.86 bits per heavy atom. The van der Waals surface area contributed by atoms with E-state index in [1.165, 1.54) is 32.0 Å². The number of hydrogen-bond acceptors (Lipinski definition) is 9. The zero-order valence-electron chi connectivity index (χ0n) is 22.7. The lowest BCUT2D eigenvalue weighted by molar-refractivity contribution is -0.0529. The van der Waals surface area contributed by atoms with Gasteiger partial charge in [0.05, 0.1) is 36.0 Å². The first-order chi connectivity index (χ1) is 20.0. The molecule has 1 aliphatic rings. The third kappa shape index (κ3) is 5.71. The Morgan fingerprint density at radius 3 is 2.60 bits per heavy atom. The molecular formula is C27H29F5N8O2.